The SMILES string of the molecule is CNC(=S)[C@H]1CC[C@H](NC(=O)O)CC1. The summed E-state index contributed by atoms with van der Waals surface area (Å²) in [4.78, 5) is 11.3. The number of amides is 1. The van der Waals surface area contributed by atoms with E-state index in [2.05, 4.69) is 10.6 Å². The largest absolute Gasteiger partial charge is 0.465 e. The molecule has 1 aliphatic rings. The quantitative estimate of drug-likeness (QED) is 0.610. The van der Waals surface area contributed by atoms with E-state index in [1.807, 2.05) is 7.05 Å². The van der Waals surface area contributed by atoms with E-state index < -0.39 is 6.09 Å². The van der Waals surface area contributed by atoms with Gasteiger partial charge in [0.1, 0.15) is 0 Å². The molecule has 0 aromatic heterocycles. The topological polar surface area (TPSA) is 61.4 Å². The number of carbonyl (C=O) groups is 1. The Morgan fingerprint density at radius 3 is 2.36 bits per heavy atom. The van der Waals surface area contributed by atoms with E-state index in [4.69, 9.17) is 17.3 Å². The van der Waals surface area contributed by atoms with Gasteiger partial charge in [-0.1, -0.05) is 12.2 Å². The van der Waals surface area contributed by atoms with Crippen LogP contribution in [-0.2, 0) is 0 Å². The molecular formula is C9H16N2O2S. The standard InChI is InChI=1S/C9H16N2O2S/c1-10-8(14)6-2-4-7(5-3-6)11-9(12)13/h6-7,11H,2-5H2,1H3,(H,10,14)(H,12,13)/t6-,7-. The molecule has 1 fully saturated rings. The van der Waals surface area contributed by atoms with E-state index in [9.17, 15) is 4.79 Å². The van der Waals surface area contributed by atoms with Crippen molar-refractivity contribution < 1.29 is 9.90 Å². The third kappa shape index (κ3) is 3.14. The number of thiocarbonyl (C=S) groups is 1. The van der Waals surface area contributed by atoms with Crippen LogP contribution in [0.5, 0.6) is 0 Å². The van der Waals surface area contributed by atoms with Crippen LogP contribution in [-0.4, -0.2) is 29.3 Å². The summed E-state index contributed by atoms with van der Waals surface area (Å²) >= 11 is 5.15. The van der Waals surface area contributed by atoms with Crippen molar-refractivity contribution in [3.63, 3.8) is 0 Å². The van der Waals surface area contributed by atoms with Gasteiger partial charge in [-0.2, -0.15) is 0 Å². The summed E-state index contributed by atoms with van der Waals surface area (Å²) in [6.45, 7) is 0. The molecule has 0 aromatic rings. The molecule has 0 unspecified atom stereocenters. The fourth-order valence-corrected chi connectivity index (χ4v) is 2.11. The van der Waals surface area contributed by atoms with Crippen LogP contribution in [0.4, 0.5) is 4.79 Å². The summed E-state index contributed by atoms with van der Waals surface area (Å²) in [6.07, 6.45) is 2.80. The van der Waals surface area contributed by atoms with Crippen LogP contribution in [0.2, 0.25) is 0 Å². The maximum Gasteiger partial charge on any atom is 0.404 e. The first kappa shape index (κ1) is 11.2. The molecule has 0 radical (unpaired) electrons. The number of hydrogen-bond acceptors (Lipinski definition) is 2. The van der Waals surface area contributed by atoms with Crippen molar-refractivity contribution in [3.05, 3.63) is 0 Å². The van der Waals surface area contributed by atoms with E-state index >= 15 is 0 Å². The summed E-state index contributed by atoms with van der Waals surface area (Å²) in [5, 5.41) is 14.0. The van der Waals surface area contributed by atoms with Crippen molar-refractivity contribution in [2.45, 2.75) is 31.7 Å². The zero-order valence-corrected chi connectivity index (χ0v) is 9.06. The monoisotopic (exact) mass is 216 g/mol. The van der Waals surface area contributed by atoms with Crippen molar-refractivity contribution in [1.29, 1.82) is 0 Å². The van der Waals surface area contributed by atoms with Gasteiger partial charge in [-0.25, -0.2) is 4.79 Å². The lowest BCUT2D eigenvalue weighted by molar-refractivity contribution is 0.184. The number of hydrogen-bond donors (Lipinski definition) is 3. The fraction of sp³-hybridized carbons (Fsp3) is 0.778. The van der Waals surface area contributed by atoms with E-state index in [0.29, 0.717) is 5.92 Å². The van der Waals surface area contributed by atoms with E-state index in [0.717, 1.165) is 30.7 Å². The van der Waals surface area contributed by atoms with Crippen LogP contribution in [0, 0.1) is 5.92 Å². The smallest absolute Gasteiger partial charge is 0.404 e. The third-order valence-electron chi connectivity index (χ3n) is 2.67. The number of rotatable bonds is 2. The van der Waals surface area contributed by atoms with Gasteiger partial charge in [0.05, 0.1) is 4.99 Å². The average Bonchev–Trinajstić information content (AvgIpc) is 2.17. The summed E-state index contributed by atoms with van der Waals surface area (Å²) in [5.41, 5.74) is 0. The van der Waals surface area contributed by atoms with Crippen molar-refractivity contribution >= 4 is 23.3 Å². The lowest BCUT2D eigenvalue weighted by Crippen LogP contribution is -2.39. The highest BCUT2D eigenvalue weighted by atomic mass is 32.1. The molecule has 4 nitrogen and oxygen atoms in total. The van der Waals surface area contributed by atoms with Crippen molar-refractivity contribution in [2.75, 3.05) is 7.05 Å². The summed E-state index contributed by atoms with van der Waals surface area (Å²) in [5.74, 6) is 0.432. The number of nitrogens with one attached hydrogen (secondary N) is 2. The molecule has 80 valence electrons. The summed E-state index contributed by atoms with van der Waals surface area (Å²) in [6, 6.07) is 0.114. The Balaban J connectivity index is 2.31. The molecule has 1 rings (SSSR count). The molecule has 3 N–H and O–H groups in total. The van der Waals surface area contributed by atoms with Gasteiger partial charge in [0.2, 0.25) is 0 Å². The Kier molecular flexibility index (Phi) is 4.13. The van der Waals surface area contributed by atoms with Crippen molar-refractivity contribution in [3.8, 4) is 0 Å². The number of carboxylic acid groups (broad SMARTS) is 1. The van der Waals surface area contributed by atoms with Gasteiger partial charge in [0, 0.05) is 19.0 Å². The molecule has 1 amide bonds. The van der Waals surface area contributed by atoms with Crippen LogP contribution >= 0.6 is 12.2 Å². The molecule has 0 heterocycles. The maximum absolute atomic E-state index is 10.4. The second-order valence-corrected chi connectivity index (χ2v) is 4.05. The van der Waals surface area contributed by atoms with Crippen LogP contribution in [0.1, 0.15) is 25.7 Å². The Hall–Kier alpha value is -0.840. The van der Waals surface area contributed by atoms with Crippen LogP contribution < -0.4 is 10.6 Å². The molecule has 14 heavy (non-hydrogen) atoms. The van der Waals surface area contributed by atoms with Gasteiger partial charge in [0.25, 0.3) is 0 Å². The second-order valence-electron chi connectivity index (χ2n) is 3.61. The molecule has 0 spiro atoms. The fourth-order valence-electron chi connectivity index (χ4n) is 1.88. The molecule has 1 aliphatic carbocycles. The highest BCUT2D eigenvalue weighted by Crippen LogP contribution is 2.24. The van der Waals surface area contributed by atoms with Gasteiger partial charge in [0.15, 0.2) is 0 Å². The Morgan fingerprint density at radius 2 is 1.93 bits per heavy atom. The van der Waals surface area contributed by atoms with E-state index in [-0.39, 0.29) is 6.04 Å². The lowest BCUT2D eigenvalue weighted by Gasteiger charge is -2.28. The minimum absolute atomic E-state index is 0.114. The molecule has 0 atom stereocenters. The summed E-state index contributed by atoms with van der Waals surface area (Å²) < 4.78 is 0. The Morgan fingerprint density at radius 1 is 1.36 bits per heavy atom. The van der Waals surface area contributed by atoms with E-state index in [1.165, 1.54) is 0 Å². The summed E-state index contributed by atoms with van der Waals surface area (Å²) in [7, 11) is 1.84. The molecule has 0 saturated heterocycles. The van der Waals surface area contributed by atoms with Crippen molar-refractivity contribution in [2.24, 2.45) is 5.92 Å². The van der Waals surface area contributed by atoms with Gasteiger partial charge in [-0.15, -0.1) is 0 Å². The predicted molar refractivity (Wildman–Crippen MR) is 58.6 cm³/mol. The zero-order chi connectivity index (χ0) is 10.6. The van der Waals surface area contributed by atoms with Crippen LogP contribution in [0.25, 0.3) is 0 Å². The molecule has 1 saturated carbocycles. The minimum atomic E-state index is -0.926. The first-order valence-corrected chi connectivity index (χ1v) is 5.25. The van der Waals surface area contributed by atoms with Gasteiger partial charge in [-0.05, 0) is 25.7 Å². The molecule has 0 aliphatic heterocycles. The first-order chi connectivity index (χ1) is 6.63. The average molecular weight is 216 g/mol. The normalized spacial score (nSPS) is 26.6. The Bertz CT molecular complexity index is 225. The predicted octanol–water partition coefficient (Wildman–Crippen LogP) is 1.36. The first-order valence-electron chi connectivity index (χ1n) is 4.84. The molecule has 0 aromatic carbocycles. The van der Waals surface area contributed by atoms with Crippen LogP contribution in [0.15, 0.2) is 0 Å². The highest BCUT2D eigenvalue weighted by Gasteiger charge is 2.24. The minimum Gasteiger partial charge on any atom is -0.465 e. The van der Waals surface area contributed by atoms with Gasteiger partial charge >= 0.3 is 6.09 Å². The lowest BCUT2D eigenvalue weighted by atomic mass is 9.86. The highest BCUT2D eigenvalue weighted by molar-refractivity contribution is 7.80. The van der Waals surface area contributed by atoms with E-state index in [1.54, 1.807) is 0 Å². The van der Waals surface area contributed by atoms with Gasteiger partial charge < -0.3 is 15.7 Å². The molecular weight excluding hydrogens is 200 g/mol. The van der Waals surface area contributed by atoms with Gasteiger partial charge in [-0.3, -0.25) is 0 Å². The van der Waals surface area contributed by atoms with Crippen molar-refractivity contribution in [1.82, 2.24) is 10.6 Å². The Labute approximate surface area is 89.1 Å². The molecule has 0 bridgehead atoms. The maximum atomic E-state index is 10.4. The van der Waals surface area contributed by atoms with Crippen LogP contribution in [0.3, 0.4) is 0 Å². The molecule has 5 heteroatoms. The second kappa shape index (κ2) is 5.14. The third-order valence-corrected chi connectivity index (χ3v) is 3.21. The zero-order valence-electron chi connectivity index (χ0n) is 8.25.